The first-order chi connectivity index (χ1) is 7.72. The summed E-state index contributed by atoms with van der Waals surface area (Å²) in [4.78, 5) is 3.29. The molecule has 0 radical (unpaired) electrons. The van der Waals surface area contributed by atoms with Gasteiger partial charge in [-0.15, -0.1) is 0 Å². The minimum Gasteiger partial charge on any atom is -0.393 e. The number of hydrogen-bond acceptors (Lipinski definition) is 2. The Morgan fingerprint density at radius 2 is 2.12 bits per heavy atom. The van der Waals surface area contributed by atoms with E-state index in [1.54, 1.807) is 0 Å². The van der Waals surface area contributed by atoms with E-state index in [0.717, 1.165) is 18.8 Å². The Bertz CT molecular complexity index is 206. The zero-order valence-corrected chi connectivity index (χ0v) is 11.4. The van der Waals surface area contributed by atoms with Gasteiger partial charge in [-0.3, -0.25) is 0 Å². The summed E-state index contributed by atoms with van der Waals surface area (Å²) >= 11 is 4.88. The highest BCUT2D eigenvalue weighted by molar-refractivity contribution is 7.80. The van der Waals surface area contributed by atoms with Crippen molar-refractivity contribution in [1.82, 2.24) is 4.90 Å². The Hall–Kier alpha value is -0.150. The van der Waals surface area contributed by atoms with Crippen LogP contribution in [0.2, 0.25) is 0 Å². The number of nitrogens with two attached hydrogens (primary N) is 1. The lowest BCUT2D eigenvalue weighted by atomic mass is 9.98. The molecule has 94 valence electrons. The van der Waals surface area contributed by atoms with Gasteiger partial charge in [0.2, 0.25) is 0 Å². The molecule has 0 aromatic heterocycles. The van der Waals surface area contributed by atoms with Crippen molar-refractivity contribution in [2.24, 2.45) is 11.7 Å². The van der Waals surface area contributed by atoms with E-state index in [2.05, 4.69) is 11.8 Å². The third kappa shape index (κ3) is 5.80. The van der Waals surface area contributed by atoms with Gasteiger partial charge >= 0.3 is 0 Å². The maximum absolute atomic E-state index is 5.49. The molecular formula is C13H26N2S. The molecule has 0 aromatic carbocycles. The van der Waals surface area contributed by atoms with Crippen LogP contribution in [0.5, 0.6) is 0 Å². The topological polar surface area (TPSA) is 29.3 Å². The van der Waals surface area contributed by atoms with Crippen molar-refractivity contribution in [2.45, 2.75) is 51.9 Å². The molecule has 1 heterocycles. The molecular weight excluding hydrogens is 216 g/mol. The molecule has 1 aliphatic rings. The van der Waals surface area contributed by atoms with Crippen molar-refractivity contribution in [1.29, 1.82) is 0 Å². The SMILES string of the molecule is CCC1CCCN(CCCCC(N)=S)CC1. The highest BCUT2D eigenvalue weighted by atomic mass is 32.1. The van der Waals surface area contributed by atoms with Gasteiger partial charge in [0.1, 0.15) is 0 Å². The van der Waals surface area contributed by atoms with E-state index < -0.39 is 0 Å². The van der Waals surface area contributed by atoms with Crippen molar-refractivity contribution >= 4 is 17.2 Å². The smallest absolute Gasteiger partial charge is 0.0727 e. The molecule has 0 spiro atoms. The number of unbranched alkanes of at least 4 members (excludes halogenated alkanes) is 1. The van der Waals surface area contributed by atoms with Crippen LogP contribution in [0, 0.1) is 5.92 Å². The lowest BCUT2D eigenvalue weighted by molar-refractivity contribution is 0.275. The highest BCUT2D eigenvalue weighted by Gasteiger charge is 2.14. The Morgan fingerprint density at radius 1 is 1.31 bits per heavy atom. The summed E-state index contributed by atoms with van der Waals surface area (Å²) in [5, 5.41) is 0. The van der Waals surface area contributed by atoms with E-state index >= 15 is 0 Å². The van der Waals surface area contributed by atoms with E-state index in [4.69, 9.17) is 18.0 Å². The number of hydrogen-bond donors (Lipinski definition) is 1. The first-order valence-corrected chi connectivity index (χ1v) is 7.14. The maximum Gasteiger partial charge on any atom is 0.0727 e. The van der Waals surface area contributed by atoms with Crippen molar-refractivity contribution in [3.63, 3.8) is 0 Å². The molecule has 0 aliphatic carbocycles. The number of nitrogens with zero attached hydrogens (tertiary/aromatic N) is 1. The molecule has 0 saturated carbocycles. The molecule has 0 amide bonds. The summed E-state index contributed by atoms with van der Waals surface area (Å²) in [6.45, 7) is 6.15. The van der Waals surface area contributed by atoms with Crippen LogP contribution in [0.25, 0.3) is 0 Å². The van der Waals surface area contributed by atoms with E-state index in [1.165, 1.54) is 51.7 Å². The number of thiocarbonyl (C=S) groups is 1. The molecule has 1 fully saturated rings. The maximum atomic E-state index is 5.49. The summed E-state index contributed by atoms with van der Waals surface area (Å²) in [6, 6.07) is 0. The van der Waals surface area contributed by atoms with E-state index in [9.17, 15) is 0 Å². The quantitative estimate of drug-likeness (QED) is 0.573. The highest BCUT2D eigenvalue weighted by Crippen LogP contribution is 2.20. The van der Waals surface area contributed by atoms with Crippen LogP contribution in [0.3, 0.4) is 0 Å². The fourth-order valence-electron chi connectivity index (χ4n) is 2.49. The molecule has 16 heavy (non-hydrogen) atoms. The van der Waals surface area contributed by atoms with Crippen molar-refractivity contribution in [3.05, 3.63) is 0 Å². The zero-order valence-electron chi connectivity index (χ0n) is 10.6. The summed E-state index contributed by atoms with van der Waals surface area (Å²) in [5.74, 6) is 0.974. The van der Waals surface area contributed by atoms with Gasteiger partial charge < -0.3 is 10.6 Å². The van der Waals surface area contributed by atoms with Crippen LogP contribution in [0.15, 0.2) is 0 Å². The van der Waals surface area contributed by atoms with Gasteiger partial charge in [0.15, 0.2) is 0 Å². The Labute approximate surface area is 106 Å². The minimum atomic E-state index is 0.668. The van der Waals surface area contributed by atoms with Gasteiger partial charge in [-0.2, -0.15) is 0 Å². The van der Waals surface area contributed by atoms with Crippen LogP contribution in [0.1, 0.15) is 51.9 Å². The Kier molecular flexibility index (Phi) is 6.97. The van der Waals surface area contributed by atoms with Crippen LogP contribution in [-0.4, -0.2) is 29.5 Å². The first-order valence-electron chi connectivity index (χ1n) is 6.73. The predicted octanol–water partition coefficient (Wildman–Crippen LogP) is 2.95. The lowest BCUT2D eigenvalue weighted by Crippen LogP contribution is -2.26. The first kappa shape index (κ1) is 13.9. The minimum absolute atomic E-state index is 0.668. The van der Waals surface area contributed by atoms with Crippen molar-refractivity contribution < 1.29 is 0 Å². The van der Waals surface area contributed by atoms with Gasteiger partial charge in [-0.1, -0.05) is 25.6 Å². The normalized spacial score (nSPS) is 22.9. The summed E-state index contributed by atoms with van der Waals surface area (Å²) in [6.07, 6.45) is 8.88. The molecule has 1 atom stereocenters. The van der Waals surface area contributed by atoms with Crippen LogP contribution >= 0.6 is 12.2 Å². The van der Waals surface area contributed by atoms with Gasteiger partial charge in [-0.05, 0) is 64.1 Å². The average molecular weight is 242 g/mol. The van der Waals surface area contributed by atoms with Gasteiger partial charge in [0, 0.05) is 0 Å². The molecule has 0 aromatic rings. The molecule has 3 heteroatoms. The molecule has 1 rings (SSSR count). The van der Waals surface area contributed by atoms with Crippen LogP contribution < -0.4 is 5.73 Å². The van der Waals surface area contributed by atoms with Crippen LogP contribution in [0.4, 0.5) is 0 Å². The molecule has 1 aliphatic heterocycles. The second-order valence-electron chi connectivity index (χ2n) is 4.97. The number of rotatable bonds is 6. The van der Waals surface area contributed by atoms with E-state index in [0.29, 0.717) is 4.99 Å². The second kappa shape index (κ2) is 8.02. The van der Waals surface area contributed by atoms with Gasteiger partial charge in [0.25, 0.3) is 0 Å². The zero-order chi connectivity index (χ0) is 11.8. The van der Waals surface area contributed by atoms with Gasteiger partial charge in [-0.25, -0.2) is 0 Å². The molecule has 1 unspecified atom stereocenters. The second-order valence-corrected chi connectivity index (χ2v) is 5.49. The predicted molar refractivity (Wildman–Crippen MR) is 74.7 cm³/mol. The summed E-state index contributed by atoms with van der Waals surface area (Å²) in [5.41, 5.74) is 5.49. The lowest BCUT2D eigenvalue weighted by Gasteiger charge is -2.19. The third-order valence-corrected chi connectivity index (χ3v) is 3.87. The Balaban J connectivity index is 2.10. The molecule has 2 N–H and O–H groups in total. The monoisotopic (exact) mass is 242 g/mol. The van der Waals surface area contributed by atoms with E-state index in [-0.39, 0.29) is 0 Å². The summed E-state index contributed by atoms with van der Waals surface area (Å²) in [7, 11) is 0. The van der Waals surface area contributed by atoms with Gasteiger partial charge in [0.05, 0.1) is 4.99 Å². The molecule has 1 saturated heterocycles. The molecule has 0 bridgehead atoms. The third-order valence-electron chi connectivity index (χ3n) is 3.67. The van der Waals surface area contributed by atoms with E-state index in [1.807, 2.05) is 0 Å². The van der Waals surface area contributed by atoms with Crippen molar-refractivity contribution in [3.8, 4) is 0 Å². The average Bonchev–Trinajstić information content (AvgIpc) is 2.49. The largest absolute Gasteiger partial charge is 0.393 e. The molecule has 2 nitrogen and oxygen atoms in total. The van der Waals surface area contributed by atoms with Crippen LogP contribution in [-0.2, 0) is 0 Å². The van der Waals surface area contributed by atoms with Crippen molar-refractivity contribution in [2.75, 3.05) is 19.6 Å². The summed E-state index contributed by atoms with van der Waals surface area (Å²) < 4.78 is 0. The Morgan fingerprint density at radius 3 is 2.81 bits per heavy atom. The fourth-order valence-corrected chi connectivity index (χ4v) is 2.64. The fraction of sp³-hybridized carbons (Fsp3) is 0.923. The standard InChI is InChI=1S/C13H26N2S/c1-2-12-6-5-10-15(11-8-12)9-4-3-7-13(14)16/h12H,2-11H2,1H3,(H2,14,16). The number of likely N-dealkylation sites (tertiary alicyclic amines) is 1.